The second-order valence-corrected chi connectivity index (χ2v) is 6.81. The van der Waals surface area contributed by atoms with Gasteiger partial charge in [0.2, 0.25) is 5.91 Å². The van der Waals surface area contributed by atoms with Gasteiger partial charge >= 0.3 is 0 Å². The zero-order valence-electron chi connectivity index (χ0n) is 14.5. The smallest absolute Gasteiger partial charge is 0.245 e. The summed E-state index contributed by atoms with van der Waals surface area (Å²) < 4.78 is 0. The van der Waals surface area contributed by atoms with Gasteiger partial charge in [-0.2, -0.15) is 0 Å². The average molecular weight is 348 g/mol. The maximum absolute atomic E-state index is 11.9. The number of hydrogen-bond acceptors (Lipinski definition) is 4. The number of carbonyl (C=O) groups excluding carboxylic acids is 1. The summed E-state index contributed by atoms with van der Waals surface area (Å²) >= 11 is 0. The van der Waals surface area contributed by atoms with Crippen molar-refractivity contribution in [1.29, 1.82) is 0 Å². The highest BCUT2D eigenvalue weighted by Gasteiger charge is 2.33. The Morgan fingerprint density at radius 3 is 2.88 bits per heavy atom. The van der Waals surface area contributed by atoms with Crippen LogP contribution >= 0.6 is 0 Å². The molecule has 26 heavy (non-hydrogen) atoms. The Balaban J connectivity index is 1.67. The summed E-state index contributed by atoms with van der Waals surface area (Å²) in [6.45, 7) is 7.10. The molecule has 0 radical (unpaired) electrons. The van der Waals surface area contributed by atoms with Crippen molar-refractivity contribution < 1.29 is 9.90 Å². The Kier molecular flexibility index (Phi) is 3.95. The molecule has 6 nitrogen and oxygen atoms in total. The van der Waals surface area contributed by atoms with Gasteiger partial charge in [-0.1, -0.05) is 25.6 Å². The Bertz CT molecular complexity index is 994. The summed E-state index contributed by atoms with van der Waals surface area (Å²) in [6.07, 6.45) is 1.37. The van der Waals surface area contributed by atoms with Gasteiger partial charge in [-0.05, 0) is 36.3 Å². The van der Waals surface area contributed by atoms with E-state index in [9.17, 15) is 9.90 Å². The number of likely N-dealkylation sites (tertiary alicyclic amines) is 1. The molecule has 0 spiro atoms. The number of aromatic amines is 1. The molecule has 0 bridgehead atoms. The molecule has 3 aromatic rings. The first kappa shape index (κ1) is 16.3. The van der Waals surface area contributed by atoms with Crippen LogP contribution in [0.25, 0.3) is 22.3 Å². The lowest BCUT2D eigenvalue weighted by Crippen LogP contribution is -2.26. The van der Waals surface area contributed by atoms with Crippen molar-refractivity contribution in [3.63, 3.8) is 0 Å². The number of para-hydroxylation sites is 1. The van der Waals surface area contributed by atoms with E-state index in [1.807, 2.05) is 23.1 Å². The molecule has 2 N–H and O–H groups in total. The summed E-state index contributed by atoms with van der Waals surface area (Å²) in [4.78, 5) is 17.1. The van der Waals surface area contributed by atoms with Crippen molar-refractivity contribution in [2.45, 2.75) is 12.8 Å². The number of nitrogens with zero attached hydrogens (tertiary/aromatic N) is 3. The number of benzene rings is 1. The molecule has 0 saturated carbocycles. The summed E-state index contributed by atoms with van der Waals surface area (Å²) in [5, 5.41) is 19.5. The van der Waals surface area contributed by atoms with Gasteiger partial charge in [0.25, 0.3) is 0 Å². The number of phenols is 1. The number of carbonyl (C=O) groups is 1. The molecule has 1 aliphatic heterocycles. The summed E-state index contributed by atoms with van der Waals surface area (Å²) in [6, 6.07) is 11.1. The van der Waals surface area contributed by atoms with Gasteiger partial charge in [0, 0.05) is 35.7 Å². The molecule has 6 heteroatoms. The zero-order chi connectivity index (χ0) is 18.3. The standard InChI is InChI=1S/C20H20N4O2/c1-3-19(26)24-10-12(2)15(11-24)16-8-13-9-17(22-23-20(13)21-16)14-6-4-5-7-18(14)25/h3-9,12,15,25H,1,10-11H2,2H3,(H,21,23)/t12-,15-/m1/s1. The third-order valence-corrected chi connectivity index (χ3v) is 5.08. The Morgan fingerprint density at radius 2 is 2.12 bits per heavy atom. The predicted molar refractivity (Wildman–Crippen MR) is 99.7 cm³/mol. The average Bonchev–Trinajstić information content (AvgIpc) is 3.24. The predicted octanol–water partition coefficient (Wildman–Crippen LogP) is 3.08. The van der Waals surface area contributed by atoms with Crippen LogP contribution in [0.4, 0.5) is 0 Å². The van der Waals surface area contributed by atoms with Crippen molar-refractivity contribution >= 4 is 16.9 Å². The largest absolute Gasteiger partial charge is 0.507 e. The third-order valence-electron chi connectivity index (χ3n) is 5.08. The first-order chi connectivity index (χ1) is 12.6. The maximum atomic E-state index is 11.9. The Morgan fingerprint density at radius 1 is 1.31 bits per heavy atom. The van der Waals surface area contributed by atoms with E-state index in [-0.39, 0.29) is 17.6 Å². The molecule has 132 valence electrons. The number of aromatic hydroxyl groups is 1. The molecule has 0 aliphatic carbocycles. The number of H-pyrrole nitrogens is 1. The van der Waals surface area contributed by atoms with Crippen molar-refractivity contribution in [2.75, 3.05) is 13.1 Å². The van der Waals surface area contributed by atoms with Gasteiger partial charge < -0.3 is 15.0 Å². The fourth-order valence-corrected chi connectivity index (χ4v) is 3.66. The van der Waals surface area contributed by atoms with Crippen LogP contribution in [0.5, 0.6) is 5.75 Å². The Hall–Kier alpha value is -3.15. The molecule has 4 rings (SSSR count). The van der Waals surface area contributed by atoms with Gasteiger partial charge in [0.05, 0.1) is 5.69 Å². The van der Waals surface area contributed by atoms with Crippen LogP contribution in [-0.2, 0) is 4.79 Å². The van der Waals surface area contributed by atoms with Gasteiger partial charge in [-0.25, -0.2) is 0 Å². The van der Waals surface area contributed by atoms with Crippen LogP contribution in [0.15, 0.2) is 49.1 Å². The molecule has 3 heterocycles. The topological polar surface area (TPSA) is 82.1 Å². The molecule has 1 aromatic carbocycles. The van der Waals surface area contributed by atoms with E-state index in [1.165, 1.54) is 6.08 Å². The number of fused-ring (bicyclic) bond motifs is 1. The van der Waals surface area contributed by atoms with E-state index in [0.29, 0.717) is 29.4 Å². The zero-order valence-corrected chi connectivity index (χ0v) is 14.5. The third kappa shape index (κ3) is 2.73. The highest BCUT2D eigenvalue weighted by molar-refractivity contribution is 5.87. The minimum atomic E-state index is -0.0305. The van der Waals surface area contributed by atoms with Gasteiger partial charge in [-0.15, -0.1) is 10.2 Å². The minimum Gasteiger partial charge on any atom is -0.507 e. The van der Waals surface area contributed by atoms with E-state index in [1.54, 1.807) is 12.1 Å². The highest BCUT2D eigenvalue weighted by atomic mass is 16.3. The molecule has 1 saturated heterocycles. The van der Waals surface area contributed by atoms with Crippen LogP contribution in [0, 0.1) is 5.92 Å². The van der Waals surface area contributed by atoms with E-state index in [0.717, 1.165) is 17.6 Å². The second-order valence-electron chi connectivity index (χ2n) is 6.81. The molecule has 1 fully saturated rings. The number of nitrogens with one attached hydrogen (secondary N) is 1. The van der Waals surface area contributed by atoms with E-state index < -0.39 is 0 Å². The van der Waals surface area contributed by atoms with Crippen molar-refractivity contribution in [3.8, 4) is 17.0 Å². The molecule has 0 unspecified atom stereocenters. The summed E-state index contributed by atoms with van der Waals surface area (Å²) in [5.41, 5.74) is 3.04. The Labute approximate surface area is 151 Å². The van der Waals surface area contributed by atoms with Crippen molar-refractivity contribution in [2.24, 2.45) is 5.92 Å². The number of aromatic nitrogens is 3. The normalized spacial score (nSPS) is 19.8. The van der Waals surface area contributed by atoms with E-state index in [2.05, 4.69) is 34.8 Å². The number of hydrogen-bond donors (Lipinski definition) is 2. The fourth-order valence-electron chi connectivity index (χ4n) is 3.66. The van der Waals surface area contributed by atoms with Crippen LogP contribution in [0.1, 0.15) is 18.5 Å². The lowest BCUT2D eigenvalue weighted by Gasteiger charge is -2.13. The van der Waals surface area contributed by atoms with Gasteiger partial charge in [-0.3, -0.25) is 4.79 Å². The number of rotatable bonds is 3. The fraction of sp³-hybridized carbons (Fsp3) is 0.250. The second kappa shape index (κ2) is 6.29. The molecular weight excluding hydrogens is 328 g/mol. The number of amides is 1. The van der Waals surface area contributed by atoms with Crippen LogP contribution < -0.4 is 0 Å². The molecule has 1 amide bonds. The SMILES string of the molecule is C=CC(=O)N1C[C@@H](C)[C@H](c2cc3cc(-c4ccccc4O)nnc3[nH]2)C1. The lowest BCUT2D eigenvalue weighted by atomic mass is 9.95. The quantitative estimate of drug-likeness (QED) is 0.713. The molecule has 2 aromatic heterocycles. The van der Waals surface area contributed by atoms with E-state index >= 15 is 0 Å². The van der Waals surface area contributed by atoms with Gasteiger partial charge in [0.1, 0.15) is 5.75 Å². The monoisotopic (exact) mass is 348 g/mol. The van der Waals surface area contributed by atoms with Crippen molar-refractivity contribution in [3.05, 3.63) is 54.7 Å². The van der Waals surface area contributed by atoms with Crippen LogP contribution in [0.2, 0.25) is 0 Å². The highest BCUT2D eigenvalue weighted by Crippen LogP contribution is 2.34. The summed E-state index contributed by atoms with van der Waals surface area (Å²) in [5.74, 6) is 0.719. The molecule has 1 aliphatic rings. The maximum Gasteiger partial charge on any atom is 0.245 e. The van der Waals surface area contributed by atoms with Crippen LogP contribution in [-0.4, -0.2) is 44.2 Å². The van der Waals surface area contributed by atoms with Gasteiger partial charge in [0.15, 0.2) is 5.65 Å². The lowest BCUT2D eigenvalue weighted by molar-refractivity contribution is -0.125. The number of phenolic OH excluding ortho intramolecular Hbond substituents is 1. The van der Waals surface area contributed by atoms with E-state index in [4.69, 9.17) is 0 Å². The molecular formula is C20H20N4O2. The minimum absolute atomic E-state index is 0.0305. The first-order valence-electron chi connectivity index (χ1n) is 8.63. The van der Waals surface area contributed by atoms with Crippen molar-refractivity contribution in [1.82, 2.24) is 20.1 Å². The molecule has 2 atom stereocenters. The summed E-state index contributed by atoms with van der Waals surface area (Å²) in [7, 11) is 0. The van der Waals surface area contributed by atoms with Crippen LogP contribution in [0.3, 0.4) is 0 Å². The first-order valence-corrected chi connectivity index (χ1v) is 8.63.